The van der Waals surface area contributed by atoms with Crippen molar-refractivity contribution in [2.45, 2.75) is 39.4 Å². The second kappa shape index (κ2) is 9.77. The lowest BCUT2D eigenvalue weighted by atomic mass is 9.99. The number of halogens is 1. The minimum Gasteiger partial charge on any atom is -0.351 e. The predicted octanol–water partition coefficient (Wildman–Crippen LogP) is 2.16. The van der Waals surface area contributed by atoms with Crippen LogP contribution in [0.25, 0.3) is 0 Å². The highest BCUT2D eigenvalue weighted by Gasteiger charge is 2.19. The van der Waals surface area contributed by atoms with E-state index in [1.165, 1.54) is 5.56 Å². The van der Waals surface area contributed by atoms with E-state index in [0.717, 1.165) is 18.5 Å². The molecule has 0 saturated carbocycles. The van der Waals surface area contributed by atoms with E-state index >= 15 is 0 Å². The molecule has 0 aliphatic heterocycles. The number of benzene rings is 1. The SMILES string of the molecule is CCC(C)C(N)C(=O)NCc1ccccc1CN(C)C.Cl. The molecule has 5 heteroatoms. The van der Waals surface area contributed by atoms with E-state index < -0.39 is 6.04 Å². The van der Waals surface area contributed by atoms with Gasteiger partial charge in [-0.05, 0) is 31.1 Å². The Hall–Kier alpha value is -1.10. The highest BCUT2D eigenvalue weighted by Crippen LogP contribution is 2.11. The van der Waals surface area contributed by atoms with Crippen LogP contribution in [0, 0.1) is 5.92 Å². The molecule has 1 aromatic rings. The first kappa shape index (κ1) is 19.9. The third kappa shape index (κ3) is 6.46. The van der Waals surface area contributed by atoms with Crippen LogP contribution >= 0.6 is 12.4 Å². The minimum absolute atomic E-state index is 0. The quantitative estimate of drug-likeness (QED) is 0.811. The van der Waals surface area contributed by atoms with Crippen LogP contribution in [-0.2, 0) is 17.9 Å². The minimum atomic E-state index is -0.430. The third-order valence-electron chi connectivity index (χ3n) is 3.62. The molecule has 2 atom stereocenters. The van der Waals surface area contributed by atoms with Crippen LogP contribution in [0.1, 0.15) is 31.4 Å². The van der Waals surface area contributed by atoms with Crippen molar-refractivity contribution in [2.24, 2.45) is 11.7 Å². The molecule has 0 aromatic heterocycles. The molecular weight excluding hydrogens is 286 g/mol. The zero-order valence-electron chi connectivity index (χ0n) is 13.4. The van der Waals surface area contributed by atoms with Crippen LogP contribution in [0.3, 0.4) is 0 Å². The second-order valence-electron chi connectivity index (χ2n) is 5.64. The summed E-state index contributed by atoms with van der Waals surface area (Å²) in [7, 11) is 4.07. The van der Waals surface area contributed by atoms with Gasteiger partial charge in [0.15, 0.2) is 0 Å². The van der Waals surface area contributed by atoms with Crippen molar-refractivity contribution in [3.63, 3.8) is 0 Å². The van der Waals surface area contributed by atoms with Gasteiger partial charge in [-0.2, -0.15) is 0 Å². The van der Waals surface area contributed by atoms with Gasteiger partial charge < -0.3 is 16.0 Å². The molecule has 0 bridgehead atoms. The van der Waals surface area contributed by atoms with E-state index in [1.807, 2.05) is 46.1 Å². The smallest absolute Gasteiger partial charge is 0.237 e. The van der Waals surface area contributed by atoms with E-state index in [9.17, 15) is 4.79 Å². The van der Waals surface area contributed by atoms with Gasteiger partial charge in [0.25, 0.3) is 0 Å². The number of nitrogens with zero attached hydrogens (tertiary/aromatic N) is 1. The maximum absolute atomic E-state index is 12.0. The normalized spacial score (nSPS) is 13.4. The topological polar surface area (TPSA) is 58.4 Å². The van der Waals surface area contributed by atoms with Crippen LogP contribution in [0.15, 0.2) is 24.3 Å². The largest absolute Gasteiger partial charge is 0.351 e. The Morgan fingerprint density at radius 2 is 1.86 bits per heavy atom. The molecule has 1 amide bonds. The first-order chi connectivity index (χ1) is 9.45. The number of hydrogen-bond acceptors (Lipinski definition) is 3. The van der Waals surface area contributed by atoms with E-state index in [-0.39, 0.29) is 24.2 Å². The lowest BCUT2D eigenvalue weighted by molar-refractivity contribution is -0.123. The fourth-order valence-corrected chi connectivity index (χ4v) is 2.04. The number of carbonyl (C=O) groups excluding carboxylic acids is 1. The van der Waals surface area contributed by atoms with Gasteiger partial charge in [0, 0.05) is 13.1 Å². The van der Waals surface area contributed by atoms with Gasteiger partial charge >= 0.3 is 0 Å². The number of nitrogens with one attached hydrogen (secondary N) is 1. The molecule has 21 heavy (non-hydrogen) atoms. The molecule has 4 nitrogen and oxygen atoms in total. The Morgan fingerprint density at radius 3 is 2.38 bits per heavy atom. The van der Waals surface area contributed by atoms with E-state index in [2.05, 4.69) is 16.3 Å². The van der Waals surface area contributed by atoms with Gasteiger partial charge in [-0.1, -0.05) is 44.5 Å². The summed E-state index contributed by atoms with van der Waals surface area (Å²) in [4.78, 5) is 14.1. The summed E-state index contributed by atoms with van der Waals surface area (Å²) in [6.45, 7) is 5.45. The lowest BCUT2D eigenvalue weighted by Gasteiger charge is -2.19. The van der Waals surface area contributed by atoms with Crippen LogP contribution in [0.4, 0.5) is 0 Å². The summed E-state index contributed by atoms with van der Waals surface area (Å²) in [5.41, 5.74) is 8.31. The van der Waals surface area contributed by atoms with Gasteiger partial charge in [-0.25, -0.2) is 0 Å². The van der Waals surface area contributed by atoms with Crippen LogP contribution in [-0.4, -0.2) is 30.9 Å². The van der Waals surface area contributed by atoms with Crippen LogP contribution in [0.5, 0.6) is 0 Å². The Balaban J connectivity index is 0.00000400. The fraction of sp³-hybridized carbons (Fsp3) is 0.562. The summed E-state index contributed by atoms with van der Waals surface area (Å²) < 4.78 is 0. The summed E-state index contributed by atoms with van der Waals surface area (Å²) >= 11 is 0. The van der Waals surface area contributed by atoms with E-state index in [4.69, 9.17) is 5.73 Å². The first-order valence-corrected chi connectivity index (χ1v) is 7.20. The van der Waals surface area contributed by atoms with Crippen molar-refractivity contribution in [1.82, 2.24) is 10.2 Å². The molecular formula is C16H28ClN3O. The molecule has 0 fully saturated rings. The summed E-state index contributed by atoms with van der Waals surface area (Å²) in [5, 5.41) is 2.95. The van der Waals surface area contributed by atoms with Crippen molar-refractivity contribution in [1.29, 1.82) is 0 Å². The predicted molar refractivity (Wildman–Crippen MR) is 90.4 cm³/mol. The van der Waals surface area contributed by atoms with Crippen molar-refractivity contribution < 1.29 is 4.79 Å². The Morgan fingerprint density at radius 1 is 1.29 bits per heavy atom. The highest BCUT2D eigenvalue weighted by molar-refractivity contribution is 5.85. The van der Waals surface area contributed by atoms with Gasteiger partial charge in [0.1, 0.15) is 0 Å². The molecule has 0 aliphatic rings. The average molecular weight is 314 g/mol. The summed E-state index contributed by atoms with van der Waals surface area (Å²) in [5.74, 6) is 0.131. The van der Waals surface area contributed by atoms with Crippen LogP contribution in [0.2, 0.25) is 0 Å². The summed E-state index contributed by atoms with van der Waals surface area (Å²) in [6.07, 6.45) is 0.909. The van der Waals surface area contributed by atoms with Crippen molar-refractivity contribution in [3.8, 4) is 0 Å². The number of hydrogen-bond donors (Lipinski definition) is 2. The molecule has 120 valence electrons. The number of amides is 1. The van der Waals surface area contributed by atoms with Crippen LogP contribution < -0.4 is 11.1 Å². The molecule has 0 spiro atoms. The Kier molecular flexibility index (Phi) is 9.26. The Labute approximate surface area is 134 Å². The summed E-state index contributed by atoms with van der Waals surface area (Å²) in [6, 6.07) is 7.73. The van der Waals surface area contributed by atoms with E-state index in [0.29, 0.717) is 6.54 Å². The number of carbonyl (C=O) groups is 1. The standard InChI is InChI=1S/C16H27N3O.ClH/c1-5-12(2)15(17)16(20)18-10-13-8-6-7-9-14(13)11-19(3)4;/h6-9,12,15H,5,10-11,17H2,1-4H3,(H,18,20);1H. The second-order valence-corrected chi connectivity index (χ2v) is 5.64. The molecule has 0 heterocycles. The number of rotatable bonds is 7. The molecule has 0 radical (unpaired) electrons. The first-order valence-electron chi connectivity index (χ1n) is 7.20. The fourth-order valence-electron chi connectivity index (χ4n) is 2.04. The molecule has 3 N–H and O–H groups in total. The lowest BCUT2D eigenvalue weighted by Crippen LogP contribution is -2.44. The molecule has 0 saturated heterocycles. The maximum atomic E-state index is 12.0. The van der Waals surface area contributed by atoms with Crippen molar-refractivity contribution in [2.75, 3.05) is 14.1 Å². The van der Waals surface area contributed by atoms with Gasteiger partial charge in [0.2, 0.25) is 5.91 Å². The van der Waals surface area contributed by atoms with Crippen molar-refractivity contribution >= 4 is 18.3 Å². The third-order valence-corrected chi connectivity index (χ3v) is 3.62. The molecule has 1 aromatic carbocycles. The molecule has 0 aliphatic carbocycles. The Bertz CT molecular complexity index is 437. The highest BCUT2D eigenvalue weighted by atomic mass is 35.5. The maximum Gasteiger partial charge on any atom is 0.237 e. The van der Waals surface area contributed by atoms with E-state index in [1.54, 1.807) is 0 Å². The van der Waals surface area contributed by atoms with Gasteiger partial charge in [0.05, 0.1) is 6.04 Å². The zero-order valence-corrected chi connectivity index (χ0v) is 14.2. The van der Waals surface area contributed by atoms with Gasteiger partial charge in [-0.15, -0.1) is 12.4 Å². The monoisotopic (exact) mass is 313 g/mol. The molecule has 1 rings (SSSR count). The molecule has 2 unspecified atom stereocenters. The number of nitrogens with two attached hydrogens (primary N) is 1. The zero-order chi connectivity index (χ0) is 15.1. The average Bonchev–Trinajstić information content (AvgIpc) is 2.43. The van der Waals surface area contributed by atoms with Gasteiger partial charge in [-0.3, -0.25) is 4.79 Å². The van der Waals surface area contributed by atoms with Crippen molar-refractivity contribution in [3.05, 3.63) is 35.4 Å².